The van der Waals surface area contributed by atoms with Crippen LogP contribution in [0.1, 0.15) is 19.3 Å². The summed E-state index contributed by atoms with van der Waals surface area (Å²) in [5, 5.41) is 5.63. The molecule has 2 rings (SSSR count). The van der Waals surface area contributed by atoms with Gasteiger partial charge in [-0.25, -0.2) is 4.79 Å². The van der Waals surface area contributed by atoms with Crippen molar-refractivity contribution in [3.05, 3.63) is 60.7 Å². The van der Waals surface area contributed by atoms with Gasteiger partial charge in [0.25, 0.3) is 0 Å². The molecule has 0 saturated heterocycles. The van der Waals surface area contributed by atoms with Gasteiger partial charge in [-0.3, -0.25) is 5.32 Å². The summed E-state index contributed by atoms with van der Waals surface area (Å²) in [5.74, 6) is 8.67. The van der Waals surface area contributed by atoms with E-state index in [2.05, 4.69) is 28.3 Å². The molecule has 0 aliphatic carbocycles. The Kier molecular flexibility index (Phi) is 8.65. The topological polar surface area (TPSA) is 38.3 Å². The molecule has 0 atom stereocenters. The minimum atomic E-state index is -0.430. The van der Waals surface area contributed by atoms with Crippen LogP contribution in [0.25, 0.3) is 0 Å². The Morgan fingerprint density at radius 3 is 2.44 bits per heavy atom. The number of ether oxygens (including phenoxy) is 1. The highest BCUT2D eigenvalue weighted by atomic mass is 32.2. The average Bonchev–Trinajstić information content (AvgIpc) is 2.65. The Balaban J connectivity index is 1.52. The van der Waals surface area contributed by atoms with Gasteiger partial charge in [0, 0.05) is 17.0 Å². The number of anilines is 1. The minimum Gasteiger partial charge on any atom is -0.449 e. The molecule has 2 aromatic carbocycles. The number of unbranched alkanes of at least 4 members (excludes halogenated alkanes) is 2. The smallest absolute Gasteiger partial charge is 0.411 e. The number of amides is 1. The number of hydrogen-bond acceptors (Lipinski definition) is 3. The third-order valence-electron chi connectivity index (χ3n) is 3.06. The normalized spacial score (nSPS) is 9.12. The molecule has 0 radical (unpaired) electrons. The van der Waals surface area contributed by atoms with E-state index in [0.29, 0.717) is 6.61 Å². The molecule has 25 heavy (non-hydrogen) atoms. The number of benzene rings is 2. The zero-order valence-corrected chi connectivity index (χ0v) is 14.6. The zero-order valence-electron chi connectivity index (χ0n) is 13.8. The van der Waals surface area contributed by atoms with E-state index in [1.54, 1.807) is 0 Å². The standard InChI is InChI=1S/C21H19NO2S/c23-21(22-19-13-7-5-8-14-19)24-17-11-3-1-2-4-12-18-25-20-15-9-6-10-16-20/h5-10,13-16H,1,3,11,17H2,(H,22,23). The first kappa shape index (κ1) is 18.5. The Bertz CT molecular complexity index is 768. The first-order valence-corrected chi connectivity index (χ1v) is 8.85. The summed E-state index contributed by atoms with van der Waals surface area (Å²) >= 11 is 1.47. The fraction of sp³-hybridized carbons (Fsp3) is 0.190. The van der Waals surface area contributed by atoms with Gasteiger partial charge in [-0.1, -0.05) is 42.3 Å². The summed E-state index contributed by atoms with van der Waals surface area (Å²) in [5.41, 5.74) is 0.727. The fourth-order valence-corrected chi connectivity index (χ4v) is 2.37. The summed E-state index contributed by atoms with van der Waals surface area (Å²) in [4.78, 5) is 12.7. The van der Waals surface area contributed by atoms with Gasteiger partial charge in [0.2, 0.25) is 0 Å². The van der Waals surface area contributed by atoms with Gasteiger partial charge in [-0.15, -0.1) is 0 Å². The molecule has 0 aliphatic heterocycles. The lowest BCUT2D eigenvalue weighted by Crippen LogP contribution is -2.14. The second-order valence-corrected chi connectivity index (χ2v) is 5.91. The molecule has 126 valence electrons. The van der Waals surface area contributed by atoms with Crippen molar-refractivity contribution in [3.8, 4) is 23.0 Å². The average molecular weight is 349 g/mol. The van der Waals surface area contributed by atoms with Crippen molar-refractivity contribution < 1.29 is 9.53 Å². The molecule has 0 heterocycles. The monoisotopic (exact) mass is 349 g/mol. The van der Waals surface area contributed by atoms with Crippen LogP contribution < -0.4 is 5.32 Å². The Morgan fingerprint density at radius 1 is 0.960 bits per heavy atom. The summed E-state index contributed by atoms with van der Waals surface area (Å²) < 4.78 is 5.11. The molecule has 0 spiro atoms. The summed E-state index contributed by atoms with van der Waals surface area (Å²) in [6.07, 6.45) is 1.97. The molecule has 1 N–H and O–H groups in total. The van der Waals surface area contributed by atoms with Gasteiger partial charge in [-0.2, -0.15) is 0 Å². The lowest BCUT2D eigenvalue weighted by Gasteiger charge is -2.05. The Hall–Kier alpha value is -2.82. The highest BCUT2D eigenvalue weighted by molar-refractivity contribution is 8.03. The van der Waals surface area contributed by atoms with E-state index in [0.717, 1.165) is 29.8 Å². The number of para-hydroxylation sites is 1. The van der Waals surface area contributed by atoms with Crippen molar-refractivity contribution in [2.24, 2.45) is 0 Å². The maximum absolute atomic E-state index is 11.6. The third kappa shape index (κ3) is 8.55. The predicted molar refractivity (Wildman–Crippen MR) is 103 cm³/mol. The van der Waals surface area contributed by atoms with E-state index in [9.17, 15) is 4.79 Å². The van der Waals surface area contributed by atoms with E-state index in [1.807, 2.05) is 60.7 Å². The Labute approximate surface area is 153 Å². The van der Waals surface area contributed by atoms with Crippen molar-refractivity contribution in [2.45, 2.75) is 24.2 Å². The molecule has 0 saturated carbocycles. The third-order valence-corrected chi connectivity index (χ3v) is 3.78. The van der Waals surface area contributed by atoms with Gasteiger partial charge in [-0.05, 0) is 66.0 Å². The van der Waals surface area contributed by atoms with Gasteiger partial charge in [0.15, 0.2) is 0 Å². The van der Waals surface area contributed by atoms with Crippen LogP contribution in [0.3, 0.4) is 0 Å². The molecule has 0 bridgehead atoms. The molecular weight excluding hydrogens is 330 g/mol. The molecule has 4 heteroatoms. The second-order valence-electron chi connectivity index (χ2n) is 5.03. The number of thioether (sulfide) groups is 1. The molecule has 0 fully saturated rings. The number of nitrogens with one attached hydrogen (secondary N) is 1. The number of rotatable bonds is 6. The van der Waals surface area contributed by atoms with Crippen LogP contribution in [0.2, 0.25) is 0 Å². The maximum atomic E-state index is 11.6. The molecule has 3 nitrogen and oxygen atoms in total. The van der Waals surface area contributed by atoms with Crippen molar-refractivity contribution in [3.63, 3.8) is 0 Å². The van der Waals surface area contributed by atoms with Crippen LogP contribution >= 0.6 is 11.8 Å². The van der Waals surface area contributed by atoms with Gasteiger partial charge < -0.3 is 4.74 Å². The van der Waals surface area contributed by atoms with Crippen LogP contribution in [0, 0.1) is 23.0 Å². The van der Waals surface area contributed by atoms with E-state index in [-0.39, 0.29) is 0 Å². The number of carbonyl (C=O) groups excluding carboxylic acids is 1. The second kappa shape index (κ2) is 11.7. The lowest BCUT2D eigenvalue weighted by molar-refractivity contribution is 0.159. The SMILES string of the molecule is O=C(Nc1ccccc1)OCCCCC#CC#CSc1ccccc1. The molecular formula is C21H19NO2S. The van der Waals surface area contributed by atoms with Crippen LogP contribution in [-0.2, 0) is 4.74 Å². The molecule has 0 aromatic heterocycles. The quantitative estimate of drug-likeness (QED) is 0.445. The molecule has 1 amide bonds. The van der Waals surface area contributed by atoms with E-state index >= 15 is 0 Å². The molecule has 0 aliphatic rings. The summed E-state index contributed by atoms with van der Waals surface area (Å²) in [6, 6.07) is 19.2. The van der Waals surface area contributed by atoms with Crippen molar-refractivity contribution in [1.82, 2.24) is 0 Å². The van der Waals surface area contributed by atoms with Gasteiger partial charge in [0.1, 0.15) is 0 Å². The van der Waals surface area contributed by atoms with Crippen molar-refractivity contribution in [2.75, 3.05) is 11.9 Å². The minimum absolute atomic E-state index is 0.385. The van der Waals surface area contributed by atoms with Crippen molar-refractivity contribution >= 4 is 23.5 Å². The highest BCUT2D eigenvalue weighted by Crippen LogP contribution is 2.14. The largest absolute Gasteiger partial charge is 0.449 e. The van der Waals surface area contributed by atoms with Crippen LogP contribution in [0.5, 0.6) is 0 Å². The summed E-state index contributed by atoms with van der Waals surface area (Å²) in [6.45, 7) is 0.385. The van der Waals surface area contributed by atoms with E-state index in [1.165, 1.54) is 11.8 Å². The predicted octanol–water partition coefficient (Wildman–Crippen LogP) is 5.16. The lowest BCUT2D eigenvalue weighted by atomic mass is 10.2. The fourth-order valence-electron chi connectivity index (χ4n) is 1.86. The first-order valence-electron chi connectivity index (χ1n) is 8.03. The maximum Gasteiger partial charge on any atom is 0.411 e. The highest BCUT2D eigenvalue weighted by Gasteiger charge is 2.01. The van der Waals surface area contributed by atoms with Crippen LogP contribution in [0.4, 0.5) is 10.5 Å². The van der Waals surface area contributed by atoms with E-state index in [4.69, 9.17) is 4.74 Å². The van der Waals surface area contributed by atoms with Crippen LogP contribution in [0.15, 0.2) is 65.6 Å². The van der Waals surface area contributed by atoms with Gasteiger partial charge in [0.05, 0.1) is 6.61 Å². The van der Waals surface area contributed by atoms with Crippen LogP contribution in [-0.4, -0.2) is 12.7 Å². The first-order chi connectivity index (χ1) is 12.3. The molecule has 0 unspecified atom stereocenters. The molecule has 2 aromatic rings. The van der Waals surface area contributed by atoms with Gasteiger partial charge >= 0.3 is 6.09 Å². The van der Waals surface area contributed by atoms with E-state index < -0.39 is 6.09 Å². The van der Waals surface area contributed by atoms with Crippen molar-refractivity contribution in [1.29, 1.82) is 0 Å². The zero-order chi connectivity index (χ0) is 17.6. The summed E-state index contributed by atoms with van der Waals surface area (Å²) in [7, 11) is 0. The number of hydrogen-bond donors (Lipinski definition) is 1. The Morgan fingerprint density at radius 2 is 1.68 bits per heavy atom. The number of carbonyl (C=O) groups is 1.